The molecule has 0 bridgehead atoms. The van der Waals surface area contributed by atoms with Crippen LogP contribution >= 0.6 is 0 Å². The zero-order valence-corrected chi connectivity index (χ0v) is 9.69. The number of nitrogens with one attached hydrogen (secondary N) is 1. The van der Waals surface area contributed by atoms with E-state index >= 15 is 0 Å². The van der Waals surface area contributed by atoms with E-state index in [1.54, 1.807) is 18.0 Å². The minimum absolute atomic E-state index is 0.235. The van der Waals surface area contributed by atoms with Gasteiger partial charge in [-0.05, 0) is 13.3 Å². The molecule has 6 nitrogen and oxygen atoms in total. The fourth-order valence-corrected chi connectivity index (χ4v) is 1.28. The molecule has 1 heterocycles. The van der Waals surface area contributed by atoms with Crippen molar-refractivity contribution in [1.29, 1.82) is 0 Å². The number of nitrogens with two attached hydrogens (primary N) is 1. The number of hydrogen-bond acceptors (Lipinski definition) is 4. The second-order valence-electron chi connectivity index (χ2n) is 3.39. The van der Waals surface area contributed by atoms with Crippen LogP contribution in [0.2, 0.25) is 0 Å². The van der Waals surface area contributed by atoms with Crippen molar-refractivity contribution in [2.75, 3.05) is 26.0 Å². The van der Waals surface area contributed by atoms with Gasteiger partial charge in [-0.25, -0.2) is 0 Å². The third-order valence-corrected chi connectivity index (χ3v) is 2.14. The average molecular weight is 226 g/mol. The summed E-state index contributed by atoms with van der Waals surface area (Å²) in [5.41, 5.74) is 6.38. The number of carbonyl (C=O) groups excluding carboxylic acids is 1. The zero-order valence-electron chi connectivity index (χ0n) is 9.69. The number of methoxy groups -OCH3 is 1. The molecule has 1 aromatic rings. The van der Waals surface area contributed by atoms with Crippen LogP contribution in [0.5, 0.6) is 0 Å². The summed E-state index contributed by atoms with van der Waals surface area (Å²) in [6, 6.07) is 0. The van der Waals surface area contributed by atoms with E-state index in [0.29, 0.717) is 31.1 Å². The highest BCUT2D eigenvalue weighted by molar-refractivity contribution is 5.96. The summed E-state index contributed by atoms with van der Waals surface area (Å²) in [6.07, 6.45) is 2.43. The monoisotopic (exact) mass is 226 g/mol. The van der Waals surface area contributed by atoms with E-state index in [-0.39, 0.29) is 5.91 Å². The Morgan fingerprint density at radius 1 is 1.69 bits per heavy atom. The van der Waals surface area contributed by atoms with E-state index in [1.165, 1.54) is 0 Å². The Morgan fingerprint density at radius 3 is 3.00 bits per heavy atom. The number of nitrogens with zero attached hydrogens (tertiary/aromatic N) is 2. The molecule has 6 heteroatoms. The number of hydrogen-bond donors (Lipinski definition) is 2. The van der Waals surface area contributed by atoms with Crippen LogP contribution in [0.1, 0.15) is 23.8 Å². The Labute approximate surface area is 94.8 Å². The van der Waals surface area contributed by atoms with E-state index in [1.807, 2.05) is 6.92 Å². The SMILES string of the molecule is CCn1cc(N)c(C(=O)NCCCOC)n1. The van der Waals surface area contributed by atoms with Crippen LogP contribution < -0.4 is 11.1 Å². The maximum Gasteiger partial charge on any atom is 0.273 e. The lowest BCUT2D eigenvalue weighted by molar-refractivity contribution is 0.0943. The fraction of sp³-hybridized carbons (Fsp3) is 0.600. The molecule has 90 valence electrons. The molecule has 0 unspecified atom stereocenters. The Kier molecular flexibility index (Phi) is 4.78. The number of aromatic nitrogens is 2. The first-order valence-corrected chi connectivity index (χ1v) is 5.29. The minimum Gasteiger partial charge on any atom is -0.396 e. The molecule has 0 fully saturated rings. The molecule has 0 spiro atoms. The maximum atomic E-state index is 11.7. The molecule has 0 atom stereocenters. The lowest BCUT2D eigenvalue weighted by Gasteiger charge is -2.02. The van der Waals surface area contributed by atoms with Crippen molar-refractivity contribution in [1.82, 2.24) is 15.1 Å². The Hall–Kier alpha value is -1.56. The molecule has 0 saturated heterocycles. The second-order valence-corrected chi connectivity index (χ2v) is 3.39. The van der Waals surface area contributed by atoms with Crippen LogP contribution in [0.4, 0.5) is 5.69 Å². The Bertz CT molecular complexity index is 349. The molecule has 1 amide bonds. The maximum absolute atomic E-state index is 11.7. The first kappa shape index (κ1) is 12.5. The van der Waals surface area contributed by atoms with Gasteiger partial charge in [0.05, 0.1) is 5.69 Å². The Morgan fingerprint density at radius 2 is 2.44 bits per heavy atom. The smallest absolute Gasteiger partial charge is 0.273 e. The number of ether oxygens (including phenoxy) is 1. The highest BCUT2D eigenvalue weighted by Crippen LogP contribution is 2.08. The summed E-state index contributed by atoms with van der Waals surface area (Å²) < 4.78 is 6.52. The van der Waals surface area contributed by atoms with Gasteiger partial charge in [-0.2, -0.15) is 5.10 Å². The van der Waals surface area contributed by atoms with Crippen molar-refractivity contribution in [2.24, 2.45) is 0 Å². The van der Waals surface area contributed by atoms with Crippen LogP contribution in [-0.4, -0.2) is 35.9 Å². The minimum atomic E-state index is -0.235. The van der Waals surface area contributed by atoms with Crippen LogP contribution in [0.3, 0.4) is 0 Å². The summed E-state index contributed by atoms with van der Waals surface area (Å²) in [5.74, 6) is -0.235. The number of aryl methyl sites for hydroxylation is 1. The molecule has 1 aromatic heterocycles. The van der Waals surface area contributed by atoms with Gasteiger partial charge >= 0.3 is 0 Å². The van der Waals surface area contributed by atoms with E-state index in [2.05, 4.69) is 10.4 Å². The van der Waals surface area contributed by atoms with Gasteiger partial charge in [0.2, 0.25) is 0 Å². The average Bonchev–Trinajstić information content (AvgIpc) is 2.66. The first-order chi connectivity index (χ1) is 7.69. The van der Waals surface area contributed by atoms with Crippen LogP contribution in [-0.2, 0) is 11.3 Å². The summed E-state index contributed by atoms with van der Waals surface area (Å²) in [6.45, 7) is 3.82. The third-order valence-electron chi connectivity index (χ3n) is 2.14. The molecule has 1 rings (SSSR count). The zero-order chi connectivity index (χ0) is 12.0. The van der Waals surface area contributed by atoms with Crippen molar-refractivity contribution < 1.29 is 9.53 Å². The number of rotatable bonds is 6. The van der Waals surface area contributed by atoms with Gasteiger partial charge in [0, 0.05) is 33.0 Å². The molecule has 0 aliphatic heterocycles. The van der Waals surface area contributed by atoms with Gasteiger partial charge in [0.15, 0.2) is 5.69 Å². The number of amides is 1. The van der Waals surface area contributed by atoms with Crippen molar-refractivity contribution in [3.63, 3.8) is 0 Å². The predicted octanol–water partition coefficient (Wildman–Crippen LogP) is 0.251. The fourth-order valence-electron chi connectivity index (χ4n) is 1.28. The normalized spacial score (nSPS) is 10.4. The van der Waals surface area contributed by atoms with Crippen LogP contribution in [0.25, 0.3) is 0 Å². The molecule has 0 aliphatic rings. The topological polar surface area (TPSA) is 82.2 Å². The van der Waals surface area contributed by atoms with E-state index in [0.717, 1.165) is 6.42 Å². The molecule has 0 aromatic carbocycles. The predicted molar refractivity (Wildman–Crippen MR) is 61.1 cm³/mol. The van der Waals surface area contributed by atoms with E-state index in [9.17, 15) is 4.79 Å². The summed E-state index contributed by atoms with van der Waals surface area (Å²) in [5, 5.41) is 6.81. The molecule has 0 aliphatic carbocycles. The molecular weight excluding hydrogens is 208 g/mol. The number of carbonyl (C=O) groups is 1. The largest absolute Gasteiger partial charge is 0.396 e. The van der Waals surface area contributed by atoms with Gasteiger partial charge in [0.25, 0.3) is 5.91 Å². The number of nitrogen functional groups attached to an aromatic ring is 1. The van der Waals surface area contributed by atoms with Crippen molar-refractivity contribution in [2.45, 2.75) is 19.9 Å². The molecule has 0 saturated carbocycles. The molecule has 0 radical (unpaired) electrons. The second kappa shape index (κ2) is 6.12. The van der Waals surface area contributed by atoms with Crippen molar-refractivity contribution >= 4 is 11.6 Å². The van der Waals surface area contributed by atoms with Gasteiger partial charge in [-0.15, -0.1) is 0 Å². The summed E-state index contributed by atoms with van der Waals surface area (Å²) in [7, 11) is 1.63. The molecular formula is C10H18N4O2. The van der Waals surface area contributed by atoms with Gasteiger partial charge in [0.1, 0.15) is 0 Å². The lowest BCUT2D eigenvalue weighted by Crippen LogP contribution is -2.26. The summed E-state index contributed by atoms with van der Waals surface area (Å²) >= 11 is 0. The first-order valence-electron chi connectivity index (χ1n) is 5.29. The van der Waals surface area contributed by atoms with Crippen molar-refractivity contribution in [3.05, 3.63) is 11.9 Å². The number of anilines is 1. The van der Waals surface area contributed by atoms with Gasteiger partial charge in [-0.3, -0.25) is 9.48 Å². The van der Waals surface area contributed by atoms with Gasteiger partial charge in [-0.1, -0.05) is 0 Å². The lowest BCUT2D eigenvalue weighted by atomic mass is 10.3. The molecule has 3 N–H and O–H groups in total. The van der Waals surface area contributed by atoms with E-state index < -0.39 is 0 Å². The highest BCUT2D eigenvalue weighted by Gasteiger charge is 2.13. The molecule has 16 heavy (non-hydrogen) atoms. The summed E-state index contributed by atoms with van der Waals surface area (Å²) in [4.78, 5) is 11.7. The van der Waals surface area contributed by atoms with Crippen LogP contribution in [0.15, 0.2) is 6.20 Å². The van der Waals surface area contributed by atoms with Crippen molar-refractivity contribution in [3.8, 4) is 0 Å². The van der Waals surface area contributed by atoms with Crippen LogP contribution in [0, 0.1) is 0 Å². The van der Waals surface area contributed by atoms with E-state index in [4.69, 9.17) is 10.5 Å². The highest BCUT2D eigenvalue weighted by atomic mass is 16.5. The Balaban J connectivity index is 2.49. The quantitative estimate of drug-likeness (QED) is 0.681. The third kappa shape index (κ3) is 3.23. The van der Waals surface area contributed by atoms with Gasteiger partial charge < -0.3 is 15.8 Å². The standard InChI is InChI=1S/C10H18N4O2/c1-3-14-7-8(11)9(13-14)10(15)12-5-4-6-16-2/h7H,3-6,11H2,1-2H3,(H,12,15).